The van der Waals surface area contributed by atoms with Crippen molar-refractivity contribution in [2.45, 2.75) is 39.7 Å². The summed E-state index contributed by atoms with van der Waals surface area (Å²) in [5.41, 5.74) is 2.96. The Balaban J connectivity index is 1.84. The molecule has 0 amide bonds. The number of pyridine rings is 1. The van der Waals surface area contributed by atoms with Gasteiger partial charge in [0.15, 0.2) is 5.65 Å². The van der Waals surface area contributed by atoms with E-state index >= 15 is 0 Å². The van der Waals surface area contributed by atoms with Crippen molar-refractivity contribution in [3.63, 3.8) is 0 Å². The van der Waals surface area contributed by atoms with Gasteiger partial charge < -0.3 is 5.32 Å². The third-order valence-electron chi connectivity index (χ3n) is 4.34. The second-order valence-corrected chi connectivity index (χ2v) is 5.81. The number of likely N-dealkylation sites (N-methyl/N-ethyl adjacent to an activating group) is 1. The molecule has 2 aromatic rings. The molecule has 3 heterocycles. The van der Waals surface area contributed by atoms with Crippen molar-refractivity contribution in [1.29, 1.82) is 0 Å². The van der Waals surface area contributed by atoms with Gasteiger partial charge in [-0.1, -0.05) is 6.92 Å². The Morgan fingerprint density at radius 1 is 1.33 bits per heavy atom. The SMILES string of the molecule is CCN1CCC[C@@H]1CNc1ncnc2nc(C)cc(C)c12. The Kier molecular flexibility index (Phi) is 4.01. The van der Waals surface area contributed by atoms with E-state index in [9.17, 15) is 0 Å². The minimum atomic E-state index is 0.610. The van der Waals surface area contributed by atoms with E-state index in [2.05, 4.69) is 45.1 Å². The fraction of sp³-hybridized carbons (Fsp3) is 0.562. The molecule has 0 aromatic carbocycles. The third-order valence-corrected chi connectivity index (χ3v) is 4.34. The van der Waals surface area contributed by atoms with Crippen molar-refractivity contribution in [3.05, 3.63) is 23.7 Å². The topological polar surface area (TPSA) is 53.9 Å². The molecular weight excluding hydrogens is 262 g/mol. The van der Waals surface area contributed by atoms with Crippen molar-refractivity contribution in [2.24, 2.45) is 0 Å². The Hall–Kier alpha value is -1.75. The maximum atomic E-state index is 4.51. The third kappa shape index (κ3) is 2.83. The zero-order valence-electron chi connectivity index (χ0n) is 13.1. The van der Waals surface area contributed by atoms with Crippen LogP contribution in [0.15, 0.2) is 12.4 Å². The smallest absolute Gasteiger partial charge is 0.165 e. The van der Waals surface area contributed by atoms with Crippen molar-refractivity contribution in [1.82, 2.24) is 19.9 Å². The Bertz CT molecular complexity index is 640. The van der Waals surface area contributed by atoms with E-state index in [1.54, 1.807) is 6.33 Å². The molecule has 112 valence electrons. The summed E-state index contributed by atoms with van der Waals surface area (Å²) >= 11 is 0. The number of fused-ring (bicyclic) bond motifs is 1. The molecule has 5 nitrogen and oxygen atoms in total. The van der Waals surface area contributed by atoms with Gasteiger partial charge in [0.25, 0.3) is 0 Å². The highest BCUT2D eigenvalue weighted by Crippen LogP contribution is 2.23. The summed E-state index contributed by atoms with van der Waals surface area (Å²) in [6.45, 7) is 9.60. The molecule has 2 aromatic heterocycles. The van der Waals surface area contributed by atoms with Crippen LogP contribution in [0, 0.1) is 13.8 Å². The number of aryl methyl sites for hydroxylation is 2. The average molecular weight is 285 g/mol. The van der Waals surface area contributed by atoms with E-state index < -0.39 is 0 Å². The molecule has 0 saturated carbocycles. The van der Waals surface area contributed by atoms with Crippen LogP contribution in [-0.4, -0.2) is 45.5 Å². The molecule has 1 aliphatic rings. The van der Waals surface area contributed by atoms with Crippen LogP contribution in [0.1, 0.15) is 31.0 Å². The monoisotopic (exact) mass is 285 g/mol. The molecule has 21 heavy (non-hydrogen) atoms. The second-order valence-electron chi connectivity index (χ2n) is 5.81. The number of hydrogen-bond acceptors (Lipinski definition) is 5. The van der Waals surface area contributed by atoms with E-state index in [1.807, 2.05) is 6.92 Å². The fourth-order valence-corrected chi connectivity index (χ4v) is 3.30. The lowest BCUT2D eigenvalue weighted by molar-refractivity contribution is 0.277. The molecule has 0 aliphatic carbocycles. The highest BCUT2D eigenvalue weighted by Gasteiger charge is 2.23. The van der Waals surface area contributed by atoms with Crippen molar-refractivity contribution >= 4 is 16.9 Å². The van der Waals surface area contributed by atoms with Crippen LogP contribution in [0.25, 0.3) is 11.0 Å². The first-order chi connectivity index (χ1) is 10.2. The summed E-state index contributed by atoms with van der Waals surface area (Å²) in [5, 5.41) is 4.57. The van der Waals surface area contributed by atoms with Crippen LogP contribution in [0.2, 0.25) is 0 Å². The minimum absolute atomic E-state index is 0.610. The van der Waals surface area contributed by atoms with Gasteiger partial charge in [0.2, 0.25) is 0 Å². The summed E-state index contributed by atoms with van der Waals surface area (Å²) in [6.07, 6.45) is 4.16. The minimum Gasteiger partial charge on any atom is -0.368 e. The Labute approximate surface area is 125 Å². The second kappa shape index (κ2) is 5.93. The van der Waals surface area contributed by atoms with Gasteiger partial charge >= 0.3 is 0 Å². The molecule has 0 unspecified atom stereocenters. The van der Waals surface area contributed by atoms with Gasteiger partial charge in [-0.05, 0) is 51.4 Å². The van der Waals surface area contributed by atoms with Gasteiger partial charge in [0, 0.05) is 18.3 Å². The maximum Gasteiger partial charge on any atom is 0.165 e. The normalized spacial score (nSPS) is 19.3. The molecule has 0 radical (unpaired) electrons. The maximum absolute atomic E-state index is 4.51. The molecule has 5 heteroatoms. The highest BCUT2D eigenvalue weighted by molar-refractivity contribution is 5.89. The van der Waals surface area contributed by atoms with E-state index in [1.165, 1.54) is 24.9 Å². The number of hydrogen-bond donors (Lipinski definition) is 1. The number of nitrogens with zero attached hydrogens (tertiary/aromatic N) is 4. The van der Waals surface area contributed by atoms with E-state index in [4.69, 9.17) is 0 Å². The first-order valence-corrected chi connectivity index (χ1v) is 7.76. The molecule has 0 spiro atoms. The van der Waals surface area contributed by atoms with Crippen LogP contribution < -0.4 is 5.32 Å². The lowest BCUT2D eigenvalue weighted by Crippen LogP contribution is -2.34. The zero-order valence-corrected chi connectivity index (χ0v) is 13.1. The highest BCUT2D eigenvalue weighted by atomic mass is 15.2. The zero-order chi connectivity index (χ0) is 14.8. The van der Waals surface area contributed by atoms with Crippen LogP contribution in [0.5, 0.6) is 0 Å². The van der Waals surface area contributed by atoms with Gasteiger partial charge in [0.1, 0.15) is 12.1 Å². The number of nitrogens with one attached hydrogen (secondary N) is 1. The molecule has 1 N–H and O–H groups in total. The van der Waals surface area contributed by atoms with Gasteiger partial charge in [-0.2, -0.15) is 0 Å². The molecule has 0 bridgehead atoms. The van der Waals surface area contributed by atoms with Gasteiger partial charge in [-0.15, -0.1) is 0 Å². The van der Waals surface area contributed by atoms with E-state index in [0.29, 0.717) is 6.04 Å². The van der Waals surface area contributed by atoms with Crippen LogP contribution in [-0.2, 0) is 0 Å². The predicted octanol–water partition coefficient (Wildman–Crippen LogP) is 2.54. The Morgan fingerprint density at radius 3 is 3.00 bits per heavy atom. The quantitative estimate of drug-likeness (QED) is 0.935. The number of rotatable bonds is 4. The van der Waals surface area contributed by atoms with Gasteiger partial charge in [-0.25, -0.2) is 15.0 Å². The number of likely N-dealkylation sites (tertiary alicyclic amines) is 1. The first kappa shape index (κ1) is 14.2. The molecular formula is C16H23N5. The van der Waals surface area contributed by atoms with E-state index in [-0.39, 0.29) is 0 Å². The summed E-state index contributed by atoms with van der Waals surface area (Å²) in [6, 6.07) is 2.70. The lowest BCUT2D eigenvalue weighted by Gasteiger charge is -2.23. The van der Waals surface area contributed by atoms with Crippen molar-refractivity contribution in [3.8, 4) is 0 Å². The van der Waals surface area contributed by atoms with Gasteiger partial charge in [0.05, 0.1) is 5.39 Å². The van der Waals surface area contributed by atoms with Crippen molar-refractivity contribution in [2.75, 3.05) is 25.0 Å². The number of anilines is 1. The summed E-state index contributed by atoms with van der Waals surface area (Å²) in [4.78, 5) is 15.8. The first-order valence-electron chi connectivity index (χ1n) is 7.76. The predicted molar refractivity (Wildman–Crippen MR) is 85.6 cm³/mol. The number of aromatic nitrogens is 3. The summed E-state index contributed by atoms with van der Waals surface area (Å²) in [5.74, 6) is 0.910. The molecule has 1 atom stereocenters. The van der Waals surface area contributed by atoms with Crippen LogP contribution in [0.4, 0.5) is 5.82 Å². The van der Waals surface area contributed by atoms with Crippen molar-refractivity contribution < 1.29 is 0 Å². The average Bonchev–Trinajstić information content (AvgIpc) is 2.91. The lowest BCUT2D eigenvalue weighted by atomic mass is 10.1. The van der Waals surface area contributed by atoms with Crippen LogP contribution >= 0.6 is 0 Å². The molecule has 1 aliphatic heterocycles. The molecule has 3 rings (SSSR count). The van der Waals surface area contributed by atoms with Crippen LogP contribution in [0.3, 0.4) is 0 Å². The van der Waals surface area contributed by atoms with Gasteiger partial charge in [-0.3, -0.25) is 4.90 Å². The largest absolute Gasteiger partial charge is 0.368 e. The van der Waals surface area contributed by atoms with E-state index in [0.717, 1.165) is 35.6 Å². The molecule has 1 saturated heterocycles. The molecule has 1 fully saturated rings. The summed E-state index contributed by atoms with van der Waals surface area (Å²) in [7, 11) is 0. The Morgan fingerprint density at radius 2 is 2.19 bits per heavy atom. The standard InChI is InChI=1S/C16H23N5/c1-4-21-7-5-6-13(21)9-17-15-14-11(2)8-12(3)20-16(14)19-10-18-15/h8,10,13H,4-7,9H2,1-3H3,(H,17,18,19,20)/t13-/m1/s1. The fourth-order valence-electron chi connectivity index (χ4n) is 3.30. The summed E-state index contributed by atoms with van der Waals surface area (Å²) < 4.78 is 0.